The molecule has 1 aromatic rings. The highest BCUT2D eigenvalue weighted by molar-refractivity contribution is 9.10. The van der Waals surface area contributed by atoms with E-state index in [1.54, 1.807) is 0 Å². The summed E-state index contributed by atoms with van der Waals surface area (Å²) in [5, 5.41) is 12.0. The summed E-state index contributed by atoms with van der Waals surface area (Å²) < 4.78 is 0.810. The van der Waals surface area contributed by atoms with E-state index in [-0.39, 0.29) is 5.41 Å². The molecule has 0 bridgehead atoms. The van der Waals surface area contributed by atoms with Crippen LogP contribution in [0.1, 0.15) is 12.8 Å². The van der Waals surface area contributed by atoms with E-state index in [2.05, 4.69) is 32.3 Å². The minimum Gasteiger partial charge on any atom is -0.368 e. The van der Waals surface area contributed by atoms with Gasteiger partial charge in [0.15, 0.2) is 0 Å². The van der Waals surface area contributed by atoms with E-state index in [9.17, 15) is 0 Å². The average molecular weight is 252 g/mol. The number of aromatic nitrogens is 1. The summed E-state index contributed by atoms with van der Waals surface area (Å²) in [6.07, 6.45) is 2.01. The first-order chi connectivity index (χ1) is 6.74. The van der Waals surface area contributed by atoms with Crippen molar-refractivity contribution in [3.8, 4) is 6.07 Å². The molecule has 1 fully saturated rings. The predicted molar refractivity (Wildman–Crippen MR) is 57.7 cm³/mol. The molecule has 1 saturated carbocycles. The minimum absolute atomic E-state index is 0.121. The molecule has 4 heteroatoms. The van der Waals surface area contributed by atoms with Crippen LogP contribution in [0.4, 0.5) is 5.82 Å². The first-order valence-electron chi connectivity index (χ1n) is 4.52. The Kier molecular flexibility index (Phi) is 2.42. The molecule has 2 rings (SSSR count). The van der Waals surface area contributed by atoms with Crippen molar-refractivity contribution in [2.24, 2.45) is 5.41 Å². The number of pyridine rings is 1. The molecule has 14 heavy (non-hydrogen) atoms. The van der Waals surface area contributed by atoms with Gasteiger partial charge in [0.1, 0.15) is 10.4 Å². The Hall–Kier alpha value is -1.08. The van der Waals surface area contributed by atoms with Crippen molar-refractivity contribution in [1.29, 1.82) is 5.26 Å². The lowest BCUT2D eigenvalue weighted by atomic mass is 10.1. The Balaban J connectivity index is 1.96. The Morgan fingerprint density at radius 3 is 2.93 bits per heavy atom. The maximum Gasteiger partial charge on any atom is 0.127 e. The van der Waals surface area contributed by atoms with Gasteiger partial charge in [-0.05, 0) is 40.9 Å². The van der Waals surface area contributed by atoms with Gasteiger partial charge in [0, 0.05) is 6.54 Å². The van der Waals surface area contributed by atoms with Crippen LogP contribution in [0, 0.1) is 16.7 Å². The second-order valence-corrected chi connectivity index (χ2v) is 4.40. The van der Waals surface area contributed by atoms with Gasteiger partial charge in [-0.2, -0.15) is 5.26 Å². The summed E-state index contributed by atoms with van der Waals surface area (Å²) in [6, 6.07) is 8.04. The van der Waals surface area contributed by atoms with Crippen LogP contribution < -0.4 is 5.32 Å². The summed E-state index contributed by atoms with van der Waals surface area (Å²) in [6.45, 7) is 0.701. The zero-order valence-electron chi connectivity index (χ0n) is 7.63. The number of anilines is 1. The normalized spacial score (nSPS) is 17.1. The van der Waals surface area contributed by atoms with Gasteiger partial charge < -0.3 is 5.32 Å². The van der Waals surface area contributed by atoms with Crippen LogP contribution in [0.3, 0.4) is 0 Å². The number of nitrogens with one attached hydrogen (secondary N) is 1. The Bertz CT molecular complexity index is 379. The van der Waals surface area contributed by atoms with Gasteiger partial charge in [-0.1, -0.05) is 6.07 Å². The molecule has 0 radical (unpaired) electrons. The molecule has 72 valence electrons. The first kappa shape index (κ1) is 9.47. The van der Waals surface area contributed by atoms with E-state index in [0.717, 1.165) is 23.3 Å². The third kappa shape index (κ3) is 2.05. The highest BCUT2D eigenvalue weighted by atomic mass is 79.9. The van der Waals surface area contributed by atoms with Gasteiger partial charge in [0.2, 0.25) is 0 Å². The predicted octanol–water partition coefficient (Wildman–Crippen LogP) is 2.56. The van der Waals surface area contributed by atoms with Crippen molar-refractivity contribution in [2.75, 3.05) is 11.9 Å². The molecular formula is C10H10BrN3. The lowest BCUT2D eigenvalue weighted by molar-refractivity contribution is 0.709. The van der Waals surface area contributed by atoms with Gasteiger partial charge >= 0.3 is 0 Å². The molecule has 1 aromatic heterocycles. The fourth-order valence-corrected chi connectivity index (χ4v) is 1.59. The number of halogens is 1. The maximum absolute atomic E-state index is 8.87. The summed E-state index contributed by atoms with van der Waals surface area (Å²) in [7, 11) is 0. The lowest BCUT2D eigenvalue weighted by Crippen LogP contribution is -2.14. The van der Waals surface area contributed by atoms with E-state index in [0.29, 0.717) is 6.54 Å². The maximum atomic E-state index is 8.87. The molecule has 0 aromatic carbocycles. The smallest absolute Gasteiger partial charge is 0.127 e. The SMILES string of the molecule is N#CC1(CNc2cccc(Br)n2)CC1. The van der Waals surface area contributed by atoms with Crippen LogP contribution in [-0.2, 0) is 0 Å². The van der Waals surface area contributed by atoms with E-state index < -0.39 is 0 Å². The Morgan fingerprint density at radius 1 is 1.57 bits per heavy atom. The standard InChI is InChI=1S/C10H10BrN3/c11-8-2-1-3-9(14-8)13-7-10(6-12)4-5-10/h1-3H,4-5,7H2,(H,13,14). The molecule has 1 heterocycles. The number of hydrogen-bond acceptors (Lipinski definition) is 3. The van der Waals surface area contributed by atoms with Gasteiger partial charge in [-0.3, -0.25) is 0 Å². The monoisotopic (exact) mass is 251 g/mol. The highest BCUT2D eigenvalue weighted by Crippen LogP contribution is 2.44. The minimum atomic E-state index is -0.121. The van der Waals surface area contributed by atoms with Crippen molar-refractivity contribution in [3.63, 3.8) is 0 Å². The van der Waals surface area contributed by atoms with Gasteiger partial charge in [-0.25, -0.2) is 4.98 Å². The zero-order chi connectivity index (χ0) is 10.0. The number of hydrogen-bond donors (Lipinski definition) is 1. The molecular weight excluding hydrogens is 242 g/mol. The number of rotatable bonds is 3. The van der Waals surface area contributed by atoms with E-state index >= 15 is 0 Å². The molecule has 3 nitrogen and oxygen atoms in total. The fourth-order valence-electron chi connectivity index (χ4n) is 1.25. The summed E-state index contributed by atoms with van der Waals surface area (Å²) in [4.78, 5) is 4.23. The summed E-state index contributed by atoms with van der Waals surface area (Å²) >= 11 is 3.30. The number of nitrogens with zero attached hydrogens (tertiary/aromatic N) is 2. The van der Waals surface area contributed by atoms with Crippen molar-refractivity contribution in [3.05, 3.63) is 22.8 Å². The third-order valence-corrected chi connectivity index (χ3v) is 2.86. The van der Waals surface area contributed by atoms with Crippen LogP contribution >= 0.6 is 15.9 Å². The molecule has 0 atom stereocenters. The van der Waals surface area contributed by atoms with Crippen LogP contribution in [0.15, 0.2) is 22.8 Å². The summed E-state index contributed by atoms with van der Waals surface area (Å²) in [5.74, 6) is 0.820. The Labute approximate surface area is 91.3 Å². The molecule has 1 aliphatic rings. The molecule has 0 amide bonds. The lowest BCUT2D eigenvalue weighted by Gasteiger charge is -2.08. The van der Waals surface area contributed by atoms with Gasteiger partial charge in [0.05, 0.1) is 11.5 Å². The molecule has 0 saturated heterocycles. The van der Waals surface area contributed by atoms with E-state index in [4.69, 9.17) is 5.26 Å². The largest absolute Gasteiger partial charge is 0.368 e. The van der Waals surface area contributed by atoms with Crippen LogP contribution in [0.25, 0.3) is 0 Å². The van der Waals surface area contributed by atoms with Gasteiger partial charge in [0.25, 0.3) is 0 Å². The van der Waals surface area contributed by atoms with Crippen LogP contribution in [0.5, 0.6) is 0 Å². The Morgan fingerprint density at radius 2 is 2.36 bits per heavy atom. The second-order valence-electron chi connectivity index (χ2n) is 3.59. The van der Waals surface area contributed by atoms with E-state index in [1.807, 2.05) is 18.2 Å². The van der Waals surface area contributed by atoms with Crippen LogP contribution in [-0.4, -0.2) is 11.5 Å². The molecule has 0 unspecified atom stereocenters. The van der Waals surface area contributed by atoms with Gasteiger partial charge in [-0.15, -0.1) is 0 Å². The highest BCUT2D eigenvalue weighted by Gasteiger charge is 2.42. The van der Waals surface area contributed by atoms with Crippen molar-refractivity contribution >= 4 is 21.7 Å². The topological polar surface area (TPSA) is 48.7 Å². The molecule has 1 aliphatic carbocycles. The molecule has 0 spiro atoms. The zero-order valence-corrected chi connectivity index (χ0v) is 9.21. The first-order valence-corrected chi connectivity index (χ1v) is 5.31. The van der Waals surface area contributed by atoms with Crippen LogP contribution in [0.2, 0.25) is 0 Å². The second kappa shape index (κ2) is 3.58. The summed E-state index contributed by atoms with van der Waals surface area (Å²) in [5.41, 5.74) is -0.121. The van der Waals surface area contributed by atoms with Crippen molar-refractivity contribution in [1.82, 2.24) is 4.98 Å². The van der Waals surface area contributed by atoms with Crippen molar-refractivity contribution < 1.29 is 0 Å². The molecule has 0 aliphatic heterocycles. The number of nitriles is 1. The quantitative estimate of drug-likeness (QED) is 0.841. The third-order valence-electron chi connectivity index (χ3n) is 2.41. The molecule has 1 N–H and O–H groups in total. The average Bonchev–Trinajstić information content (AvgIpc) is 2.96. The fraction of sp³-hybridized carbons (Fsp3) is 0.400. The van der Waals surface area contributed by atoms with E-state index in [1.165, 1.54) is 0 Å². The van der Waals surface area contributed by atoms with Crippen molar-refractivity contribution in [2.45, 2.75) is 12.8 Å².